The van der Waals surface area contributed by atoms with Gasteiger partial charge in [0.05, 0.1) is 6.42 Å². The Labute approximate surface area is 193 Å². The fourth-order valence-electron chi connectivity index (χ4n) is 3.19. The van der Waals surface area contributed by atoms with Crippen LogP contribution in [0.2, 0.25) is 0 Å². The topological polar surface area (TPSA) is 157 Å². The first kappa shape index (κ1) is 27.5. The van der Waals surface area contributed by atoms with Gasteiger partial charge in [-0.15, -0.1) is 0 Å². The number of carbonyl (C=O) groups is 4. The highest BCUT2D eigenvalue weighted by atomic mass is 16.4. The van der Waals surface area contributed by atoms with Crippen LogP contribution < -0.4 is 21.3 Å². The molecule has 0 bridgehead atoms. The molecule has 0 aliphatic rings. The normalized spacial score (nSPS) is 12.8. The lowest BCUT2D eigenvalue weighted by Crippen LogP contribution is -2.36. The zero-order chi connectivity index (χ0) is 24.6. The van der Waals surface area contributed by atoms with Gasteiger partial charge in [0, 0.05) is 30.4 Å². The van der Waals surface area contributed by atoms with Crippen LogP contribution in [0.15, 0.2) is 36.0 Å². The molecule has 0 saturated carbocycles. The van der Waals surface area contributed by atoms with Crippen molar-refractivity contribution in [1.82, 2.24) is 16.0 Å². The number of carbonyl (C=O) groups excluding carboxylic acids is 2. The molecule has 1 unspecified atom stereocenters. The summed E-state index contributed by atoms with van der Waals surface area (Å²) in [6.45, 7) is 4.22. The SMILES string of the molecule is CC/C=C(\Cc1ccc(NC(=O)NCCCC[C@H](NC=O)C(=O)O)cc1)NC(C)CC(=O)O. The predicted molar refractivity (Wildman–Crippen MR) is 125 cm³/mol. The molecule has 0 heterocycles. The highest BCUT2D eigenvalue weighted by Crippen LogP contribution is 2.13. The minimum absolute atomic E-state index is 0.0365. The van der Waals surface area contributed by atoms with E-state index in [9.17, 15) is 19.2 Å². The number of unbranched alkanes of at least 4 members (excludes halogenated alkanes) is 1. The average Bonchev–Trinajstić information content (AvgIpc) is 2.73. The number of rotatable bonds is 16. The minimum atomic E-state index is -1.08. The van der Waals surface area contributed by atoms with Gasteiger partial charge in [-0.3, -0.25) is 9.59 Å². The quantitative estimate of drug-likeness (QED) is 0.163. The lowest BCUT2D eigenvalue weighted by molar-refractivity contribution is -0.140. The van der Waals surface area contributed by atoms with E-state index in [0.717, 1.165) is 17.7 Å². The van der Waals surface area contributed by atoms with Gasteiger partial charge >= 0.3 is 18.0 Å². The van der Waals surface area contributed by atoms with E-state index < -0.39 is 18.0 Å². The maximum absolute atomic E-state index is 12.0. The van der Waals surface area contributed by atoms with Crippen LogP contribution in [0.1, 0.15) is 51.5 Å². The number of benzene rings is 1. The third-order valence-corrected chi connectivity index (χ3v) is 4.74. The molecule has 2 atom stereocenters. The standard InChI is InChI=1S/C23H34N4O6/c1-3-6-19(26-16(2)13-21(29)30)14-17-8-10-18(11-9-17)27-23(33)24-12-5-4-7-20(22(31)32)25-15-28/h6,8-11,15-16,20,26H,3-5,7,12-14H2,1-2H3,(H,25,28)(H,29,30)(H,31,32)(H2,24,27,33)/b19-6+/t16?,20-/m0/s1. The first-order valence-corrected chi connectivity index (χ1v) is 11.0. The zero-order valence-corrected chi connectivity index (χ0v) is 19.1. The molecular formula is C23H34N4O6. The first-order chi connectivity index (χ1) is 15.7. The van der Waals surface area contributed by atoms with Crippen LogP contribution in [-0.2, 0) is 20.8 Å². The molecule has 6 N–H and O–H groups in total. The molecule has 10 nitrogen and oxygen atoms in total. The van der Waals surface area contributed by atoms with Crippen molar-refractivity contribution < 1.29 is 29.4 Å². The maximum Gasteiger partial charge on any atom is 0.326 e. The van der Waals surface area contributed by atoms with Crippen molar-refractivity contribution in [2.24, 2.45) is 0 Å². The molecule has 182 valence electrons. The lowest BCUT2D eigenvalue weighted by Gasteiger charge is -2.17. The molecule has 0 radical (unpaired) electrons. The van der Waals surface area contributed by atoms with Gasteiger partial charge in [-0.05, 0) is 50.3 Å². The molecule has 0 aliphatic heterocycles. The summed E-state index contributed by atoms with van der Waals surface area (Å²) in [5.74, 6) is -1.93. The van der Waals surface area contributed by atoms with Crippen LogP contribution in [-0.4, -0.2) is 53.2 Å². The fraction of sp³-hybridized carbons (Fsp3) is 0.478. The molecule has 0 aliphatic carbocycles. The van der Waals surface area contributed by atoms with Crippen molar-refractivity contribution in [1.29, 1.82) is 0 Å². The number of allylic oxidation sites excluding steroid dienone is 2. The van der Waals surface area contributed by atoms with Crippen LogP contribution in [0.3, 0.4) is 0 Å². The maximum atomic E-state index is 12.0. The first-order valence-electron chi connectivity index (χ1n) is 11.0. The second-order valence-electron chi connectivity index (χ2n) is 7.71. The summed E-state index contributed by atoms with van der Waals surface area (Å²) in [7, 11) is 0. The Hall–Kier alpha value is -3.56. The van der Waals surface area contributed by atoms with Gasteiger partial charge in [0.1, 0.15) is 6.04 Å². The van der Waals surface area contributed by atoms with E-state index in [1.165, 1.54) is 0 Å². The Kier molecular flexibility index (Phi) is 12.7. The molecular weight excluding hydrogens is 428 g/mol. The summed E-state index contributed by atoms with van der Waals surface area (Å²) < 4.78 is 0. The Balaban J connectivity index is 2.43. The number of hydrogen-bond donors (Lipinski definition) is 6. The number of hydrogen-bond acceptors (Lipinski definition) is 5. The highest BCUT2D eigenvalue weighted by Gasteiger charge is 2.15. The molecule has 0 saturated heterocycles. The summed E-state index contributed by atoms with van der Waals surface area (Å²) in [5, 5.41) is 28.8. The summed E-state index contributed by atoms with van der Waals surface area (Å²) in [5.41, 5.74) is 2.61. The molecule has 0 spiro atoms. The molecule has 10 heteroatoms. The van der Waals surface area contributed by atoms with Crippen LogP contribution in [0.25, 0.3) is 0 Å². The van der Waals surface area contributed by atoms with Crippen molar-refractivity contribution in [3.8, 4) is 0 Å². The number of carboxylic acid groups (broad SMARTS) is 2. The number of amides is 3. The summed E-state index contributed by atoms with van der Waals surface area (Å²) in [6.07, 6.45) is 5.30. The predicted octanol–water partition coefficient (Wildman–Crippen LogP) is 2.47. The molecule has 0 aromatic heterocycles. The van der Waals surface area contributed by atoms with Crippen LogP contribution in [0.5, 0.6) is 0 Å². The molecule has 0 fully saturated rings. The number of aliphatic carboxylic acids is 2. The Morgan fingerprint density at radius 1 is 1.09 bits per heavy atom. The van der Waals surface area contributed by atoms with Crippen molar-refractivity contribution >= 4 is 30.1 Å². The van der Waals surface area contributed by atoms with E-state index in [1.54, 1.807) is 12.1 Å². The van der Waals surface area contributed by atoms with E-state index in [1.807, 2.05) is 32.1 Å². The van der Waals surface area contributed by atoms with E-state index in [2.05, 4.69) is 21.3 Å². The van der Waals surface area contributed by atoms with Crippen molar-refractivity contribution in [3.63, 3.8) is 0 Å². The van der Waals surface area contributed by atoms with E-state index in [4.69, 9.17) is 10.2 Å². The molecule has 3 amide bonds. The molecule has 1 rings (SSSR count). The van der Waals surface area contributed by atoms with Crippen LogP contribution in [0.4, 0.5) is 10.5 Å². The second-order valence-corrected chi connectivity index (χ2v) is 7.71. The van der Waals surface area contributed by atoms with Gasteiger partial charge in [-0.25, -0.2) is 9.59 Å². The Morgan fingerprint density at radius 2 is 1.79 bits per heavy atom. The van der Waals surface area contributed by atoms with Gasteiger partial charge < -0.3 is 31.5 Å². The van der Waals surface area contributed by atoms with Crippen molar-refractivity contribution in [2.75, 3.05) is 11.9 Å². The van der Waals surface area contributed by atoms with Crippen molar-refractivity contribution in [2.45, 2.75) is 64.5 Å². The molecule has 1 aromatic carbocycles. The van der Waals surface area contributed by atoms with Crippen LogP contribution in [0, 0.1) is 0 Å². The van der Waals surface area contributed by atoms with Gasteiger partial charge in [-0.2, -0.15) is 0 Å². The molecule has 33 heavy (non-hydrogen) atoms. The Morgan fingerprint density at radius 3 is 2.36 bits per heavy atom. The van der Waals surface area contributed by atoms with E-state index in [-0.39, 0.29) is 24.9 Å². The summed E-state index contributed by atoms with van der Waals surface area (Å²) in [4.78, 5) is 44.2. The number of anilines is 1. The minimum Gasteiger partial charge on any atom is -0.481 e. The van der Waals surface area contributed by atoms with Gasteiger partial charge in [0.25, 0.3) is 0 Å². The number of urea groups is 1. The van der Waals surface area contributed by atoms with Gasteiger partial charge in [-0.1, -0.05) is 25.1 Å². The smallest absolute Gasteiger partial charge is 0.326 e. The van der Waals surface area contributed by atoms with E-state index in [0.29, 0.717) is 37.9 Å². The third-order valence-electron chi connectivity index (χ3n) is 4.74. The second kappa shape index (κ2) is 15.3. The highest BCUT2D eigenvalue weighted by molar-refractivity contribution is 5.89. The van der Waals surface area contributed by atoms with Gasteiger partial charge in [0.2, 0.25) is 6.41 Å². The largest absolute Gasteiger partial charge is 0.481 e. The van der Waals surface area contributed by atoms with E-state index >= 15 is 0 Å². The number of nitrogens with one attached hydrogen (secondary N) is 4. The molecule has 1 aromatic rings. The summed E-state index contributed by atoms with van der Waals surface area (Å²) >= 11 is 0. The number of carboxylic acids is 2. The third kappa shape index (κ3) is 12.2. The zero-order valence-electron chi connectivity index (χ0n) is 19.1. The summed E-state index contributed by atoms with van der Waals surface area (Å²) in [6, 6.07) is 5.92. The average molecular weight is 463 g/mol. The Bertz CT molecular complexity index is 810. The van der Waals surface area contributed by atoms with Crippen LogP contribution >= 0.6 is 0 Å². The van der Waals surface area contributed by atoms with Gasteiger partial charge in [0.15, 0.2) is 0 Å². The fourth-order valence-corrected chi connectivity index (χ4v) is 3.19. The monoisotopic (exact) mass is 462 g/mol. The lowest BCUT2D eigenvalue weighted by atomic mass is 10.1. The van der Waals surface area contributed by atoms with Crippen molar-refractivity contribution in [3.05, 3.63) is 41.6 Å².